The lowest BCUT2D eigenvalue weighted by Crippen LogP contribution is -2.58. The van der Waals surface area contributed by atoms with Crippen LogP contribution in [0, 0.1) is 5.82 Å². The van der Waals surface area contributed by atoms with Crippen LogP contribution in [0.2, 0.25) is 10.0 Å². The molecule has 12 heteroatoms. The number of carbonyl (C=O) groups is 1. The number of carboxylic acid groups (broad SMARTS) is 1. The number of ether oxygens (including phenoxy) is 2. The summed E-state index contributed by atoms with van der Waals surface area (Å²) in [6, 6.07) is 7.60. The molecule has 2 saturated heterocycles. The zero-order chi connectivity index (χ0) is 27.5. The van der Waals surface area contributed by atoms with Crippen molar-refractivity contribution in [2.24, 2.45) is 0 Å². The summed E-state index contributed by atoms with van der Waals surface area (Å²) in [6.07, 6.45) is 3.24. The Morgan fingerprint density at radius 1 is 1.15 bits per heavy atom. The first kappa shape index (κ1) is 25.8. The number of fused-ring (bicyclic) bond motifs is 3. The lowest BCUT2D eigenvalue weighted by Gasteiger charge is -2.47. The molecule has 2 unspecified atom stereocenters. The van der Waals surface area contributed by atoms with Crippen molar-refractivity contribution in [3.8, 4) is 11.3 Å². The number of anilines is 1. The molecule has 208 valence electrons. The van der Waals surface area contributed by atoms with Gasteiger partial charge in [-0.1, -0.05) is 34.4 Å². The van der Waals surface area contributed by atoms with Crippen LogP contribution in [0.3, 0.4) is 0 Å². The summed E-state index contributed by atoms with van der Waals surface area (Å²) in [6.45, 7) is 1.15. The largest absolute Gasteiger partial charge is 0.478 e. The second kappa shape index (κ2) is 10.0. The third-order valence-electron chi connectivity index (χ3n) is 7.81. The van der Waals surface area contributed by atoms with Gasteiger partial charge in [-0.3, -0.25) is 0 Å². The normalized spacial score (nSPS) is 22.7. The molecule has 3 fully saturated rings. The third kappa shape index (κ3) is 4.52. The summed E-state index contributed by atoms with van der Waals surface area (Å²) in [5, 5.41) is 14.6. The molecule has 40 heavy (non-hydrogen) atoms. The summed E-state index contributed by atoms with van der Waals surface area (Å²) in [4.78, 5) is 17.7. The van der Waals surface area contributed by atoms with Gasteiger partial charge in [-0.25, -0.2) is 9.18 Å². The molecular formula is C28H24Cl2FN3O6. The number of hydrogen-bond acceptors (Lipinski definition) is 8. The molecule has 0 spiro atoms. The molecule has 1 aliphatic carbocycles. The second-order valence-electron chi connectivity index (χ2n) is 10.5. The van der Waals surface area contributed by atoms with Crippen LogP contribution in [0.25, 0.3) is 22.4 Å². The number of aromatic carboxylic acids is 1. The first-order valence-electron chi connectivity index (χ1n) is 13.1. The zero-order valence-electron chi connectivity index (χ0n) is 21.1. The van der Waals surface area contributed by atoms with E-state index in [1.54, 1.807) is 18.2 Å². The van der Waals surface area contributed by atoms with Crippen LogP contribution >= 0.6 is 23.2 Å². The van der Waals surface area contributed by atoms with E-state index in [0.29, 0.717) is 59.9 Å². The third-order valence-corrected chi connectivity index (χ3v) is 8.44. The van der Waals surface area contributed by atoms with Gasteiger partial charge in [-0.15, -0.1) is 0 Å². The minimum atomic E-state index is -1.24. The zero-order valence-corrected chi connectivity index (χ0v) is 22.6. The fraction of sp³-hybridized carbons (Fsp3) is 0.393. The highest BCUT2D eigenvalue weighted by Gasteiger charge is 2.42. The van der Waals surface area contributed by atoms with E-state index in [2.05, 4.69) is 10.1 Å². The molecule has 7 rings (SSSR count). The van der Waals surface area contributed by atoms with Crippen LogP contribution in [-0.4, -0.2) is 52.6 Å². The van der Waals surface area contributed by atoms with Crippen LogP contribution in [0.1, 0.15) is 53.3 Å². The van der Waals surface area contributed by atoms with Gasteiger partial charge in [-0.2, -0.15) is 4.98 Å². The molecule has 1 N–H and O–H groups in total. The van der Waals surface area contributed by atoms with Gasteiger partial charge in [-0.05, 0) is 49.9 Å². The number of hydrogen-bond donors (Lipinski definition) is 1. The maximum Gasteiger partial charge on any atom is 0.335 e. The predicted molar refractivity (Wildman–Crippen MR) is 144 cm³/mol. The number of aromatic nitrogens is 2. The fourth-order valence-corrected chi connectivity index (χ4v) is 6.35. The standard InChI is InChI=1S/C28H24Cl2FN3O6/c29-19-2-1-3-20(30)23(19)24-18(26(40-33-24)13-4-5-13)12-38-17-8-15-10-37-11-16(9-17)34(15)28-32-25-21(31)6-14(27(35)36)7-22(25)39-28/h1-3,6-7,13,15-17H,4-5,8-12H2,(H,35,36). The van der Waals surface area contributed by atoms with Gasteiger partial charge in [0.2, 0.25) is 0 Å². The van der Waals surface area contributed by atoms with E-state index in [1.165, 1.54) is 6.07 Å². The monoisotopic (exact) mass is 587 g/mol. The first-order chi connectivity index (χ1) is 19.4. The lowest BCUT2D eigenvalue weighted by molar-refractivity contribution is -0.0410. The van der Waals surface area contributed by atoms with Crippen LogP contribution in [0.5, 0.6) is 0 Å². The Bertz CT molecular complexity index is 1580. The Balaban J connectivity index is 1.13. The number of nitrogens with zero attached hydrogens (tertiary/aromatic N) is 3. The topological polar surface area (TPSA) is 111 Å². The second-order valence-corrected chi connectivity index (χ2v) is 11.3. The first-order valence-corrected chi connectivity index (χ1v) is 13.9. The molecule has 2 aromatic heterocycles. The Morgan fingerprint density at radius 2 is 1.88 bits per heavy atom. The Morgan fingerprint density at radius 3 is 2.55 bits per heavy atom. The Kier molecular flexibility index (Phi) is 6.46. The highest BCUT2D eigenvalue weighted by Crippen LogP contribution is 2.46. The van der Waals surface area contributed by atoms with E-state index in [4.69, 9.17) is 41.6 Å². The highest BCUT2D eigenvalue weighted by molar-refractivity contribution is 6.39. The van der Waals surface area contributed by atoms with Crippen LogP contribution < -0.4 is 4.90 Å². The fourth-order valence-electron chi connectivity index (χ4n) is 5.77. The van der Waals surface area contributed by atoms with Crippen molar-refractivity contribution in [3.63, 3.8) is 0 Å². The van der Waals surface area contributed by atoms with E-state index in [1.807, 2.05) is 4.90 Å². The molecule has 2 aliphatic heterocycles. The highest BCUT2D eigenvalue weighted by atomic mass is 35.5. The van der Waals surface area contributed by atoms with Gasteiger partial charge >= 0.3 is 5.97 Å². The summed E-state index contributed by atoms with van der Waals surface area (Å²) in [5.41, 5.74) is 2.01. The van der Waals surface area contributed by atoms with Gasteiger partial charge in [0.25, 0.3) is 6.01 Å². The van der Waals surface area contributed by atoms with E-state index in [0.717, 1.165) is 30.2 Å². The van der Waals surface area contributed by atoms with Crippen molar-refractivity contribution in [2.75, 3.05) is 18.1 Å². The smallest absolute Gasteiger partial charge is 0.335 e. The van der Waals surface area contributed by atoms with Crippen LogP contribution in [0.15, 0.2) is 39.3 Å². The van der Waals surface area contributed by atoms with Gasteiger partial charge in [0.1, 0.15) is 17.0 Å². The number of benzene rings is 2. The lowest BCUT2D eigenvalue weighted by atomic mass is 9.92. The Hall–Kier alpha value is -3.18. The summed E-state index contributed by atoms with van der Waals surface area (Å²) in [7, 11) is 0. The average molecular weight is 588 g/mol. The molecule has 0 radical (unpaired) electrons. The number of carboxylic acids is 1. The number of rotatable bonds is 7. The van der Waals surface area contributed by atoms with E-state index >= 15 is 0 Å². The van der Waals surface area contributed by atoms with Crippen molar-refractivity contribution < 1.29 is 32.7 Å². The van der Waals surface area contributed by atoms with E-state index in [9.17, 15) is 14.3 Å². The van der Waals surface area contributed by atoms with Gasteiger partial charge < -0.3 is 28.4 Å². The van der Waals surface area contributed by atoms with Crippen LogP contribution in [-0.2, 0) is 16.1 Å². The van der Waals surface area contributed by atoms with Crippen molar-refractivity contribution in [1.82, 2.24) is 10.1 Å². The number of morpholine rings is 1. The molecule has 2 atom stereocenters. The maximum absolute atomic E-state index is 14.6. The SMILES string of the molecule is O=C(O)c1cc(F)c2nc(N3C4COCC3CC(OCc3c(-c5c(Cl)cccc5Cl)noc3C3CC3)C4)oc2c1. The van der Waals surface area contributed by atoms with Crippen molar-refractivity contribution in [1.29, 1.82) is 0 Å². The molecule has 9 nitrogen and oxygen atoms in total. The van der Waals surface area contributed by atoms with E-state index < -0.39 is 11.8 Å². The van der Waals surface area contributed by atoms with Crippen molar-refractivity contribution >= 4 is 46.3 Å². The average Bonchev–Trinajstić information content (AvgIpc) is 3.53. The van der Waals surface area contributed by atoms with Crippen molar-refractivity contribution in [3.05, 3.63) is 63.1 Å². The number of oxazole rings is 1. The molecule has 2 aromatic carbocycles. The van der Waals surface area contributed by atoms with Gasteiger partial charge in [0.15, 0.2) is 11.4 Å². The molecule has 2 bridgehead atoms. The molecule has 1 saturated carbocycles. The quantitative estimate of drug-likeness (QED) is 0.260. The minimum absolute atomic E-state index is 0.00296. The number of piperidine rings is 1. The van der Waals surface area contributed by atoms with Crippen molar-refractivity contribution in [2.45, 2.75) is 56.4 Å². The molecule has 4 heterocycles. The number of halogens is 3. The van der Waals surface area contributed by atoms with E-state index in [-0.39, 0.29) is 40.9 Å². The molecular weight excluding hydrogens is 564 g/mol. The maximum atomic E-state index is 14.6. The Labute approximate surface area is 237 Å². The molecule has 4 aromatic rings. The summed E-state index contributed by atoms with van der Waals surface area (Å²) < 4.78 is 38.6. The molecule has 0 amide bonds. The summed E-state index contributed by atoms with van der Waals surface area (Å²) >= 11 is 13.0. The van der Waals surface area contributed by atoms with Gasteiger partial charge in [0.05, 0.1) is 53.6 Å². The predicted octanol–water partition coefficient (Wildman–Crippen LogP) is 6.46. The minimum Gasteiger partial charge on any atom is -0.478 e. The van der Waals surface area contributed by atoms with Crippen LogP contribution in [0.4, 0.5) is 10.4 Å². The molecule has 3 aliphatic rings. The van der Waals surface area contributed by atoms with Gasteiger partial charge in [0, 0.05) is 17.0 Å². The summed E-state index contributed by atoms with van der Waals surface area (Å²) in [5.74, 6) is -0.836.